The highest BCUT2D eigenvalue weighted by atomic mass is 16.5. The third-order valence-corrected chi connectivity index (χ3v) is 2.32. The Kier molecular flexibility index (Phi) is 4.92. The fourth-order valence-corrected chi connectivity index (χ4v) is 1.32. The number of unbranched alkanes of at least 4 members (excludes halogenated alkanes) is 1. The van der Waals surface area contributed by atoms with Gasteiger partial charge in [-0.1, -0.05) is 0 Å². The molecule has 0 spiro atoms. The van der Waals surface area contributed by atoms with Crippen molar-refractivity contribution in [3.63, 3.8) is 0 Å². The molecule has 0 aliphatic heterocycles. The Bertz CT molecular complexity index is 327. The summed E-state index contributed by atoms with van der Waals surface area (Å²) in [5.74, 6) is 0.712. The van der Waals surface area contributed by atoms with Gasteiger partial charge in [0.1, 0.15) is 5.75 Å². The fraction of sp³-hybridized carbons (Fsp3) is 0.500. The quantitative estimate of drug-likeness (QED) is 0.567. The molecule has 1 rings (SSSR count). The Hall–Kier alpha value is -1.42. The molecular formula is C12H20N2O2. The van der Waals surface area contributed by atoms with E-state index in [0.717, 1.165) is 18.5 Å². The average Bonchev–Trinajstić information content (AvgIpc) is 2.26. The molecule has 0 atom stereocenters. The lowest BCUT2D eigenvalue weighted by Gasteiger charge is -2.15. The van der Waals surface area contributed by atoms with Crippen LogP contribution in [0, 0.1) is 0 Å². The van der Waals surface area contributed by atoms with Crippen LogP contribution in [0.2, 0.25) is 0 Å². The van der Waals surface area contributed by atoms with Crippen molar-refractivity contribution in [1.82, 2.24) is 0 Å². The monoisotopic (exact) mass is 224 g/mol. The summed E-state index contributed by atoms with van der Waals surface area (Å²) in [6.45, 7) is 0.790. The largest absolute Gasteiger partial charge is 0.491 e. The van der Waals surface area contributed by atoms with Gasteiger partial charge in [0, 0.05) is 32.5 Å². The number of aliphatic hydroxyl groups is 1. The van der Waals surface area contributed by atoms with Crippen molar-refractivity contribution in [1.29, 1.82) is 0 Å². The predicted molar refractivity (Wildman–Crippen MR) is 67.0 cm³/mol. The summed E-state index contributed by atoms with van der Waals surface area (Å²) < 4.78 is 5.57. The number of hydrogen-bond donors (Lipinski definition) is 2. The first kappa shape index (κ1) is 12.6. The highest BCUT2D eigenvalue weighted by molar-refractivity contribution is 5.61. The van der Waals surface area contributed by atoms with Crippen LogP contribution in [-0.4, -0.2) is 32.4 Å². The van der Waals surface area contributed by atoms with E-state index in [4.69, 9.17) is 15.6 Å². The van der Waals surface area contributed by atoms with Gasteiger partial charge in [0.2, 0.25) is 0 Å². The number of nitrogens with zero attached hydrogens (tertiary/aromatic N) is 1. The molecule has 3 N–H and O–H groups in total. The predicted octanol–water partition coefficient (Wildman–Crippen LogP) is 1.49. The Morgan fingerprint density at radius 3 is 2.69 bits per heavy atom. The van der Waals surface area contributed by atoms with E-state index in [2.05, 4.69) is 0 Å². The summed E-state index contributed by atoms with van der Waals surface area (Å²) in [7, 11) is 3.95. The van der Waals surface area contributed by atoms with Crippen molar-refractivity contribution < 1.29 is 9.84 Å². The van der Waals surface area contributed by atoms with Gasteiger partial charge in [0.05, 0.1) is 12.3 Å². The molecule has 0 radical (unpaired) electrons. The van der Waals surface area contributed by atoms with Gasteiger partial charge in [-0.05, 0) is 25.0 Å². The number of rotatable bonds is 6. The molecule has 90 valence electrons. The summed E-state index contributed by atoms with van der Waals surface area (Å²) in [5, 5.41) is 8.65. The Morgan fingerprint density at radius 2 is 2.06 bits per heavy atom. The smallest absolute Gasteiger partial charge is 0.144 e. The van der Waals surface area contributed by atoms with Crippen LogP contribution in [0.25, 0.3) is 0 Å². The molecule has 4 nitrogen and oxygen atoms in total. The van der Waals surface area contributed by atoms with E-state index in [9.17, 15) is 0 Å². The number of nitrogen functional groups attached to an aromatic ring is 1. The zero-order valence-electron chi connectivity index (χ0n) is 9.94. The van der Waals surface area contributed by atoms with Crippen molar-refractivity contribution in [2.24, 2.45) is 0 Å². The number of nitrogens with two attached hydrogens (primary N) is 1. The maximum absolute atomic E-state index is 8.65. The molecule has 0 fully saturated rings. The number of anilines is 2. The lowest BCUT2D eigenvalue weighted by atomic mass is 10.2. The molecule has 16 heavy (non-hydrogen) atoms. The second-order valence-corrected chi connectivity index (χ2v) is 3.90. The summed E-state index contributed by atoms with van der Waals surface area (Å²) in [6, 6.07) is 5.72. The Balaban J connectivity index is 2.60. The molecule has 0 heterocycles. The molecule has 4 heteroatoms. The highest BCUT2D eigenvalue weighted by Gasteiger charge is 2.03. The zero-order chi connectivity index (χ0) is 12.0. The van der Waals surface area contributed by atoms with Gasteiger partial charge < -0.3 is 20.5 Å². The Labute approximate surface area is 96.6 Å². The molecule has 1 aromatic carbocycles. The van der Waals surface area contributed by atoms with Crippen molar-refractivity contribution >= 4 is 11.4 Å². The van der Waals surface area contributed by atoms with Gasteiger partial charge in [-0.2, -0.15) is 0 Å². The fourth-order valence-electron chi connectivity index (χ4n) is 1.32. The average molecular weight is 224 g/mol. The second-order valence-electron chi connectivity index (χ2n) is 3.90. The first-order valence-corrected chi connectivity index (χ1v) is 5.45. The third-order valence-electron chi connectivity index (χ3n) is 2.32. The topological polar surface area (TPSA) is 58.7 Å². The highest BCUT2D eigenvalue weighted by Crippen LogP contribution is 2.26. The summed E-state index contributed by atoms with van der Waals surface area (Å²) >= 11 is 0. The molecule has 0 saturated carbocycles. The van der Waals surface area contributed by atoms with Crippen LogP contribution in [0.1, 0.15) is 12.8 Å². The van der Waals surface area contributed by atoms with Crippen LogP contribution in [0.15, 0.2) is 18.2 Å². The van der Waals surface area contributed by atoms with E-state index >= 15 is 0 Å². The van der Waals surface area contributed by atoms with Crippen LogP contribution >= 0.6 is 0 Å². The summed E-state index contributed by atoms with van der Waals surface area (Å²) in [4.78, 5) is 2.00. The van der Waals surface area contributed by atoms with E-state index < -0.39 is 0 Å². The maximum Gasteiger partial charge on any atom is 0.144 e. The summed E-state index contributed by atoms with van der Waals surface area (Å²) in [5.41, 5.74) is 7.52. The molecule has 0 amide bonds. The van der Waals surface area contributed by atoms with Crippen molar-refractivity contribution in [3.05, 3.63) is 18.2 Å². The van der Waals surface area contributed by atoms with Gasteiger partial charge in [-0.15, -0.1) is 0 Å². The number of benzene rings is 1. The first-order chi connectivity index (χ1) is 7.65. The molecule has 0 unspecified atom stereocenters. The van der Waals surface area contributed by atoms with Gasteiger partial charge in [-0.25, -0.2) is 0 Å². The Morgan fingerprint density at radius 1 is 1.31 bits per heavy atom. The van der Waals surface area contributed by atoms with Gasteiger partial charge >= 0.3 is 0 Å². The molecule has 0 saturated heterocycles. The van der Waals surface area contributed by atoms with Crippen LogP contribution < -0.4 is 15.4 Å². The molecule has 0 aliphatic rings. The second kappa shape index (κ2) is 6.23. The van der Waals surface area contributed by atoms with E-state index in [1.54, 1.807) is 0 Å². The lowest BCUT2D eigenvalue weighted by Crippen LogP contribution is -2.09. The SMILES string of the molecule is CN(C)c1ccc(N)c(OCCCCO)c1. The maximum atomic E-state index is 8.65. The van der Waals surface area contributed by atoms with Crippen molar-refractivity contribution in [2.45, 2.75) is 12.8 Å². The summed E-state index contributed by atoms with van der Waals surface area (Å²) in [6.07, 6.45) is 1.59. The number of aliphatic hydroxyl groups excluding tert-OH is 1. The van der Waals surface area contributed by atoms with E-state index in [0.29, 0.717) is 18.0 Å². The van der Waals surface area contributed by atoms with Crippen molar-refractivity contribution in [3.8, 4) is 5.75 Å². The van der Waals surface area contributed by atoms with E-state index in [1.165, 1.54) is 0 Å². The number of ether oxygens (including phenoxy) is 1. The standard InChI is InChI=1S/C12H20N2O2/c1-14(2)10-5-6-11(13)12(9-10)16-8-4-3-7-15/h5-6,9,15H,3-4,7-8,13H2,1-2H3. The third kappa shape index (κ3) is 3.62. The first-order valence-electron chi connectivity index (χ1n) is 5.45. The molecule has 0 bridgehead atoms. The molecule has 0 aromatic heterocycles. The van der Waals surface area contributed by atoms with Crippen LogP contribution in [0.5, 0.6) is 5.75 Å². The van der Waals surface area contributed by atoms with Gasteiger partial charge in [0.25, 0.3) is 0 Å². The lowest BCUT2D eigenvalue weighted by molar-refractivity contribution is 0.253. The van der Waals surface area contributed by atoms with Gasteiger partial charge in [0.15, 0.2) is 0 Å². The minimum absolute atomic E-state index is 0.205. The van der Waals surface area contributed by atoms with Crippen molar-refractivity contribution in [2.75, 3.05) is 37.9 Å². The van der Waals surface area contributed by atoms with Crippen LogP contribution in [0.3, 0.4) is 0 Å². The molecular weight excluding hydrogens is 204 g/mol. The van der Waals surface area contributed by atoms with Crippen LogP contribution in [0.4, 0.5) is 11.4 Å². The van der Waals surface area contributed by atoms with E-state index in [-0.39, 0.29) is 6.61 Å². The number of hydrogen-bond acceptors (Lipinski definition) is 4. The van der Waals surface area contributed by atoms with E-state index in [1.807, 2.05) is 37.2 Å². The minimum Gasteiger partial charge on any atom is -0.491 e. The molecule has 1 aromatic rings. The minimum atomic E-state index is 0.205. The van der Waals surface area contributed by atoms with Crippen LogP contribution in [-0.2, 0) is 0 Å². The van der Waals surface area contributed by atoms with Gasteiger partial charge in [-0.3, -0.25) is 0 Å². The normalized spacial score (nSPS) is 10.2. The zero-order valence-corrected chi connectivity index (χ0v) is 9.94. The molecule has 0 aliphatic carbocycles.